The van der Waals surface area contributed by atoms with Crippen molar-refractivity contribution in [3.05, 3.63) is 10.9 Å². The summed E-state index contributed by atoms with van der Waals surface area (Å²) in [4.78, 5) is 14.2. The predicted molar refractivity (Wildman–Crippen MR) is 93.7 cm³/mol. The van der Waals surface area contributed by atoms with Crippen LogP contribution in [0.1, 0.15) is 45.4 Å². The summed E-state index contributed by atoms with van der Waals surface area (Å²) >= 11 is 1.78. The Bertz CT molecular complexity index is 593. The number of aromatic nitrogens is 2. The first-order chi connectivity index (χ1) is 10.1. The van der Waals surface area contributed by atoms with Crippen LogP contribution in [0, 0.1) is 0 Å². The van der Waals surface area contributed by atoms with Gasteiger partial charge in [0, 0.05) is 24.5 Å². The quantitative estimate of drug-likeness (QED) is 0.827. The number of rotatable bonds is 7. The van der Waals surface area contributed by atoms with Crippen molar-refractivity contribution < 1.29 is 0 Å². The molecule has 0 saturated carbocycles. The standard InChI is InChI=1S/C16H26N4S/c1-6-9-17-16-18-14(20(5)11(4)7-2)13-10-12(8-3)21-15(13)19-16/h10-11H,6-9H2,1-5H3,(H,17,18,19). The van der Waals surface area contributed by atoms with Crippen molar-refractivity contribution in [2.45, 2.75) is 53.0 Å². The van der Waals surface area contributed by atoms with E-state index in [9.17, 15) is 0 Å². The molecule has 2 aromatic heterocycles. The third kappa shape index (κ3) is 3.46. The molecule has 4 nitrogen and oxygen atoms in total. The monoisotopic (exact) mass is 306 g/mol. The maximum atomic E-state index is 4.77. The van der Waals surface area contributed by atoms with E-state index in [0.717, 1.165) is 42.4 Å². The zero-order valence-corrected chi connectivity index (χ0v) is 14.5. The molecular formula is C16H26N4S. The van der Waals surface area contributed by atoms with Crippen LogP contribution >= 0.6 is 11.3 Å². The summed E-state index contributed by atoms with van der Waals surface area (Å²) in [5.41, 5.74) is 0. The molecule has 1 atom stereocenters. The third-order valence-electron chi connectivity index (χ3n) is 3.89. The normalized spacial score (nSPS) is 12.6. The highest BCUT2D eigenvalue weighted by atomic mass is 32.1. The van der Waals surface area contributed by atoms with E-state index in [0.29, 0.717) is 6.04 Å². The van der Waals surface area contributed by atoms with Crippen LogP contribution in [0.2, 0.25) is 0 Å². The van der Waals surface area contributed by atoms with E-state index in [-0.39, 0.29) is 0 Å². The van der Waals surface area contributed by atoms with Crippen LogP contribution in [0.4, 0.5) is 11.8 Å². The Balaban J connectivity index is 2.50. The summed E-state index contributed by atoms with van der Waals surface area (Å²) in [7, 11) is 2.13. The van der Waals surface area contributed by atoms with E-state index < -0.39 is 0 Å². The van der Waals surface area contributed by atoms with Crippen molar-refractivity contribution in [3.63, 3.8) is 0 Å². The van der Waals surface area contributed by atoms with Crippen LogP contribution in [0.15, 0.2) is 6.07 Å². The summed E-state index contributed by atoms with van der Waals surface area (Å²) in [6.45, 7) is 9.69. The largest absolute Gasteiger partial charge is 0.356 e. The molecule has 0 aliphatic carbocycles. The minimum atomic E-state index is 0.465. The van der Waals surface area contributed by atoms with Gasteiger partial charge in [-0.3, -0.25) is 0 Å². The Morgan fingerprint density at radius 3 is 2.67 bits per heavy atom. The fourth-order valence-corrected chi connectivity index (χ4v) is 3.16. The van der Waals surface area contributed by atoms with E-state index >= 15 is 0 Å². The van der Waals surface area contributed by atoms with Crippen molar-refractivity contribution in [2.24, 2.45) is 0 Å². The minimum absolute atomic E-state index is 0.465. The average molecular weight is 306 g/mol. The third-order valence-corrected chi connectivity index (χ3v) is 5.06. The number of thiophene rings is 1. The molecule has 21 heavy (non-hydrogen) atoms. The molecule has 116 valence electrons. The predicted octanol–water partition coefficient (Wildman–Crippen LogP) is 4.31. The first kappa shape index (κ1) is 16.0. The van der Waals surface area contributed by atoms with Crippen LogP contribution in [-0.2, 0) is 6.42 Å². The fourth-order valence-electron chi connectivity index (χ4n) is 2.20. The van der Waals surface area contributed by atoms with Crippen LogP contribution in [0.25, 0.3) is 10.2 Å². The zero-order valence-electron chi connectivity index (χ0n) is 13.7. The maximum Gasteiger partial charge on any atom is 0.226 e. The Morgan fingerprint density at radius 1 is 1.29 bits per heavy atom. The molecule has 0 aliphatic heterocycles. The molecular weight excluding hydrogens is 280 g/mol. The van der Waals surface area contributed by atoms with Crippen molar-refractivity contribution in [3.8, 4) is 0 Å². The fraction of sp³-hybridized carbons (Fsp3) is 0.625. The average Bonchev–Trinajstić information content (AvgIpc) is 2.93. The van der Waals surface area contributed by atoms with Crippen LogP contribution in [0.5, 0.6) is 0 Å². The number of aryl methyl sites for hydroxylation is 1. The Hall–Kier alpha value is -1.36. The lowest BCUT2D eigenvalue weighted by molar-refractivity contribution is 0.659. The lowest BCUT2D eigenvalue weighted by atomic mass is 10.2. The Kier molecular flexibility index (Phi) is 5.39. The van der Waals surface area contributed by atoms with Gasteiger partial charge in [-0.15, -0.1) is 11.3 Å². The van der Waals surface area contributed by atoms with Crippen LogP contribution in [0.3, 0.4) is 0 Å². The van der Waals surface area contributed by atoms with Gasteiger partial charge in [0.05, 0.1) is 5.39 Å². The highest BCUT2D eigenvalue weighted by Gasteiger charge is 2.17. The SMILES string of the molecule is CCCNc1nc(N(C)C(C)CC)c2cc(CC)sc2n1. The highest BCUT2D eigenvalue weighted by molar-refractivity contribution is 7.18. The molecule has 2 aromatic rings. The maximum absolute atomic E-state index is 4.77. The van der Waals surface area contributed by atoms with Gasteiger partial charge in [-0.1, -0.05) is 20.8 Å². The van der Waals surface area contributed by atoms with E-state index in [1.807, 2.05) is 0 Å². The first-order valence-electron chi connectivity index (χ1n) is 7.87. The zero-order chi connectivity index (χ0) is 15.4. The molecule has 2 rings (SSSR count). The van der Waals surface area contributed by atoms with Gasteiger partial charge in [0.1, 0.15) is 10.6 Å². The highest BCUT2D eigenvalue weighted by Crippen LogP contribution is 2.32. The van der Waals surface area contributed by atoms with E-state index in [4.69, 9.17) is 4.98 Å². The molecule has 0 radical (unpaired) electrons. The smallest absolute Gasteiger partial charge is 0.226 e. The van der Waals surface area contributed by atoms with Gasteiger partial charge in [-0.25, -0.2) is 4.98 Å². The van der Waals surface area contributed by atoms with Crippen molar-refractivity contribution in [2.75, 3.05) is 23.8 Å². The molecule has 0 saturated heterocycles. The van der Waals surface area contributed by atoms with E-state index in [1.165, 1.54) is 10.3 Å². The minimum Gasteiger partial charge on any atom is -0.356 e. The van der Waals surface area contributed by atoms with Gasteiger partial charge in [-0.2, -0.15) is 4.98 Å². The summed E-state index contributed by atoms with van der Waals surface area (Å²) in [6, 6.07) is 2.71. The molecule has 0 aliphatic rings. The second kappa shape index (κ2) is 7.07. The lowest BCUT2D eigenvalue weighted by Gasteiger charge is -2.25. The van der Waals surface area contributed by atoms with Gasteiger partial charge in [0.15, 0.2) is 0 Å². The molecule has 0 fully saturated rings. The number of hydrogen-bond acceptors (Lipinski definition) is 5. The number of hydrogen-bond donors (Lipinski definition) is 1. The summed E-state index contributed by atoms with van der Waals surface area (Å²) in [6.07, 6.45) is 3.22. The second-order valence-electron chi connectivity index (χ2n) is 5.45. The molecule has 1 unspecified atom stereocenters. The molecule has 0 amide bonds. The molecule has 0 spiro atoms. The molecule has 0 aromatic carbocycles. The van der Waals surface area contributed by atoms with Crippen molar-refractivity contribution in [1.29, 1.82) is 0 Å². The van der Waals surface area contributed by atoms with E-state index in [1.54, 1.807) is 11.3 Å². The molecule has 2 heterocycles. The number of nitrogens with zero attached hydrogens (tertiary/aromatic N) is 3. The second-order valence-corrected chi connectivity index (χ2v) is 6.57. The molecule has 0 bridgehead atoms. The van der Waals surface area contributed by atoms with Gasteiger partial charge in [0.2, 0.25) is 5.95 Å². The molecule has 1 N–H and O–H groups in total. The first-order valence-corrected chi connectivity index (χ1v) is 8.69. The van der Waals surface area contributed by atoms with Gasteiger partial charge < -0.3 is 10.2 Å². The summed E-state index contributed by atoms with van der Waals surface area (Å²) in [5.74, 6) is 1.79. The van der Waals surface area contributed by atoms with Gasteiger partial charge in [0.25, 0.3) is 0 Å². The Labute approximate surface area is 131 Å². The van der Waals surface area contributed by atoms with Crippen LogP contribution < -0.4 is 10.2 Å². The topological polar surface area (TPSA) is 41.1 Å². The van der Waals surface area contributed by atoms with Gasteiger partial charge >= 0.3 is 0 Å². The summed E-state index contributed by atoms with van der Waals surface area (Å²) in [5, 5.41) is 4.51. The summed E-state index contributed by atoms with van der Waals surface area (Å²) < 4.78 is 0. The number of fused-ring (bicyclic) bond motifs is 1. The van der Waals surface area contributed by atoms with Crippen LogP contribution in [-0.4, -0.2) is 29.6 Å². The lowest BCUT2D eigenvalue weighted by Crippen LogP contribution is -2.29. The Morgan fingerprint density at radius 2 is 2.05 bits per heavy atom. The van der Waals surface area contributed by atoms with Crippen molar-refractivity contribution in [1.82, 2.24) is 9.97 Å². The van der Waals surface area contributed by atoms with Gasteiger partial charge in [-0.05, 0) is 32.3 Å². The molecule has 5 heteroatoms. The van der Waals surface area contributed by atoms with E-state index in [2.05, 4.69) is 56.0 Å². The van der Waals surface area contributed by atoms with Crippen molar-refractivity contribution >= 4 is 33.3 Å². The number of anilines is 2. The number of nitrogens with one attached hydrogen (secondary N) is 1.